The minimum Gasteiger partial charge on any atom is -0.348 e. The molecule has 0 saturated carbocycles. The summed E-state index contributed by atoms with van der Waals surface area (Å²) in [5, 5.41) is 3.01. The van der Waals surface area contributed by atoms with E-state index in [4.69, 9.17) is 0 Å². The van der Waals surface area contributed by atoms with Crippen LogP contribution in [-0.2, 0) is 29.5 Å². The molecule has 0 spiro atoms. The van der Waals surface area contributed by atoms with Crippen LogP contribution in [-0.4, -0.2) is 45.1 Å². The summed E-state index contributed by atoms with van der Waals surface area (Å²) in [4.78, 5) is 15.0. The lowest BCUT2D eigenvalue weighted by Crippen LogP contribution is -2.25. The molecule has 1 fully saturated rings. The number of amides is 1. The van der Waals surface area contributed by atoms with Gasteiger partial charge in [-0.1, -0.05) is 36.4 Å². The highest BCUT2D eigenvalue weighted by molar-refractivity contribution is 7.88. The molecule has 1 amide bonds. The van der Waals surface area contributed by atoms with Crippen LogP contribution in [0.1, 0.15) is 39.9 Å². The largest absolute Gasteiger partial charge is 0.348 e. The van der Waals surface area contributed by atoms with Crippen LogP contribution in [0.4, 0.5) is 0 Å². The maximum Gasteiger partial charge on any atom is 0.251 e. The normalized spacial score (nSPS) is 14.8. The van der Waals surface area contributed by atoms with Crippen molar-refractivity contribution < 1.29 is 13.2 Å². The van der Waals surface area contributed by atoms with E-state index in [1.807, 2.05) is 24.3 Å². The Labute approximate surface area is 173 Å². The van der Waals surface area contributed by atoms with Crippen LogP contribution in [0.25, 0.3) is 0 Å². The molecule has 29 heavy (non-hydrogen) atoms. The third-order valence-electron chi connectivity index (χ3n) is 5.14. The third kappa shape index (κ3) is 6.96. The van der Waals surface area contributed by atoms with E-state index in [1.165, 1.54) is 18.4 Å². The van der Waals surface area contributed by atoms with E-state index < -0.39 is 10.0 Å². The molecule has 2 aromatic carbocycles. The second-order valence-electron chi connectivity index (χ2n) is 7.55. The minimum atomic E-state index is -3.18. The number of hydrogen-bond donors (Lipinski definition) is 2. The number of nitrogens with one attached hydrogen (secondary N) is 2. The maximum absolute atomic E-state index is 12.5. The van der Waals surface area contributed by atoms with E-state index in [0.717, 1.165) is 37.0 Å². The van der Waals surface area contributed by atoms with Crippen LogP contribution in [0.3, 0.4) is 0 Å². The van der Waals surface area contributed by atoms with Gasteiger partial charge in [-0.25, -0.2) is 13.1 Å². The lowest BCUT2D eigenvalue weighted by Gasteiger charge is -2.17. The first-order valence-electron chi connectivity index (χ1n) is 10.0. The van der Waals surface area contributed by atoms with E-state index in [1.54, 1.807) is 12.1 Å². The van der Waals surface area contributed by atoms with Crippen molar-refractivity contribution in [3.8, 4) is 0 Å². The van der Waals surface area contributed by atoms with Gasteiger partial charge in [0.15, 0.2) is 0 Å². The fourth-order valence-electron chi connectivity index (χ4n) is 3.55. The Hall–Kier alpha value is -2.22. The summed E-state index contributed by atoms with van der Waals surface area (Å²) in [6.45, 7) is 4.07. The van der Waals surface area contributed by atoms with Crippen LogP contribution in [0.5, 0.6) is 0 Å². The van der Waals surface area contributed by atoms with Crippen molar-refractivity contribution in [2.45, 2.75) is 32.4 Å². The fourth-order valence-corrected chi connectivity index (χ4v) is 4.02. The highest BCUT2D eigenvalue weighted by Crippen LogP contribution is 2.16. The molecule has 6 nitrogen and oxygen atoms in total. The van der Waals surface area contributed by atoms with Crippen LogP contribution in [0, 0.1) is 0 Å². The number of rotatable bonds is 9. The zero-order valence-electron chi connectivity index (χ0n) is 16.9. The van der Waals surface area contributed by atoms with Crippen LogP contribution >= 0.6 is 0 Å². The highest BCUT2D eigenvalue weighted by Gasteiger charge is 2.14. The molecule has 0 radical (unpaired) electrons. The lowest BCUT2D eigenvalue weighted by atomic mass is 10.1. The smallest absolute Gasteiger partial charge is 0.251 e. The van der Waals surface area contributed by atoms with Crippen molar-refractivity contribution in [1.29, 1.82) is 0 Å². The second-order valence-corrected chi connectivity index (χ2v) is 9.38. The zero-order chi connectivity index (χ0) is 20.7. The van der Waals surface area contributed by atoms with Gasteiger partial charge in [-0.2, -0.15) is 0 Å². The number of carbonyl (C=O) groups is 1. The summed E-state index contributed by atoms with van der Waals surface area (Å²) in [5.74, 6) is -0.109. The molecule has 1 aliphatic heterocycles. The van der Waals surface area contributed by atoms with E-state index >= 15 is 0 Å². The Morgan fingerprint density at radius 2 is 1.66 bits per heavy atom. The van der Waals surface area contributed by atoms with Gasteiger partial charge in [0.25, 0.3) is 5.91 Å². The summed E-state index contributed by atoms with van der Waals surface area (Å²) >= 11 is 0. The number of nitrogens with zero attached hydrogens (tertiary/aromatic N) is 1. The van der Waals surface area contributed by atoms with Crippen molar-refractivity contribution in [2.24, 2.45) is 0 Å². The van der Waals surface area contributed by atoms with Crippen molar-refractivity contribution in [2.75, 3.05) is 25.9 Å². The SMILES string of the molecule is CS(=O)(=O)NCCc1ccc(C(=O)NCc2ccccc2CN2CCCC2)cc1. The zero-order valence-corrected chi connectivity index (χ0v) is 17.7. The van der Waals surface area contributed by atoms with E-state index in [-0.39, 0.29) is 5.91 Å². The summed E-state index contributed by atoms with van der Waals surface area (Å²) < 4.78 is 24.7. The second kappa shape index (κ2) is 10.0. The Kier molecular flexibility index (Phi) is 7.41. The van der Waals surface area contributed by atoms with Gasteiger partial charge in [-0.15, -0.1) is 0 Å². The van der Waals surface area contributed by atoms with Crippen molar-refractivity contribution >= 4 is 15.9 Å². The van der Waals surface area contributed by atoms with Gasteiger partial charge in [0.05, 0.1) is 6.26 Å². The first kappa shape index (κ1) is 21.5. The number of sulfonamides is 1. The van der Waals surface area contributed by atoms with Crippen LogP contribution in [0.15, 0.2) is 48.5 Å². The molecule has 7 heteroatoms. The molecule has 1 heterocycles. The lowest BCUT2D eigenvalue weighted by molar-refractivity contribution is 0.0950. The van der Waals surface area contributed by atoms with Gasteiger partial charge in [-0.3, -0.25) is 9.69 Å². The molecular formula is C22H29N3O3S. The molecule has 2 N–H and O–H groups in total. The standard InChI is InChI=1S/C22H29N3O3S/c1-29(27,28)24-13-12-18-8-10-19(11-9-18)22(26)23-16-20-6-2-3-7-21(20)17-25-14-4-5-15-25/h2-3,6-11,24H,4-5,12-17H2,1H3,(H,23,26). The van der Waals surface area contributed by atoms with Gasteiger partial charge in [0.2, 0.25) is 10.0 Å². The van der Waals surface area contributed by atoms with Crippen LogP contribution in [0.2, 0.25) is 0 Å². The van der Waals surface area contributed by atoms with E-state index in [2.05, 4.69) is 27.1 Å². The monoisotopic (exact) mass is 415 g/mol. The summed E-state index contributed by atoms with van der Waals surface area (Å²) in [7, 11) is -3.18. The number of carbonyl (C=O) groups excluding carboxylic acids is 1. The number of hydrogen-bond acceptors (Lipinski definition) is 4. The Balaban J connectivity index is 1.53. The van der Waals surface area contributed by atoms with Gasteiger partial charge in [0, 0.05) is 25.2 Å². The molecule has 1 aliphatic rings. The molecule has 1 saturated heterocycles. The van der Waals surface area contributed by atoms with Crippen LogP contribution < -0.4 is 10.0 Å². The van der Waals surface area contributed by atoms with E-state index in [9.17, 15) is 13.2 Å². The molecular weight excluding hydrogens is 386 g/mol. The Bertz CT molecular complexity index is 921. The van der Waals surface area contributed by atoms with Gasteiger partial charge < -0.3 is 5.32 Å². The number of likely N-dealkylation sites (tertiary alicyclic amines) is 1. The predicted molar refractivity (Wildman–Crippen MR) is 115 cm³/mol. The molecule has 0 aromatic heterocycles. The van der Waals surface area contributed by atoms with Crippen molar-refractivity contribution in [3.05, 3.63) is 70.8 Å². The summed E-state index contributed by atoms with van der Waals surface area (Å²) in [6, 6.07) is 15.5. The maximum atomic E-state index is 12.5. The summed E-state index contributed by atoms with van der Waals surface area (Å²) in [5.41, 5.74) is 4.00. The molecule has 0 bridgehead atoms. The highest BCUT2D eigenvalue weighted by atomic mass is 32.2. The average Bonchev–Trinajstić information content (AvgIpc) is 3.20. The Morgan fingerprint density at radius 3 is 2.31 bits per heavy atom. The molecule has 156 valence electrons. The van der Waals surface area contributed by atoms with Gasteiger partial charge in [-0.05, 0) is 61.2 Å². The molecule has 0 aliphatic carbocycles. The molecule has 3 rings (SSSR count). The first-order valence-corrected chi connectivity index (χ1v) is 11.9. The van der Waals surface area contributed by atoms with E-state index in [0.29, 0.717) is 25.1 Å². The third-order valence-corrected chi connectivity index (χ3v) is 5.87. The number of benzene rings is 2. The first-order chi connectivity index (χ1) is 13.9. The predicted octanol–water partition coefficient (Wildman–Crippen LogP) is 2.30. The van der Waals surface area contributed by atoms with Crippen molar-refractivity contribution in [3.63, 3.8) is 0 Å². The summed E-state index contributed by atoms with van der Waals surface area (Å²) in [6.07, 6.45) is 4.25. The fraction of sp³-hybridized carbons (Fsp3) is 0.409. The average molecular weight is 416 g/mol. The molecule has 2 aromatic rings. The van der Waals surface area contributed by atoms with Crippen molar-refractivity contribution in [1.82, 2.24) is 14.9 Å². The van der Waals surface area contributed by atoms with Gasteiger partial charge >= 0.3 is 0 Å². The topological polar surface area (TPSA) is 78.5 Å². The minimum absolute atomic E-state index is 0.109. The molecule has 0 atom stereocenters. The quantitative estimate of drug-likeness (QED) is 0.659. The van der Waals surface area contributed by atoms with Gasteiger partial charge in [0.1, 0.15) is 0 Å². The molecule has 0 unspecified atom stereocenters. The Morgan fingerprint density at radius 1 is 1.00 bits per heavy atom.